The van der Waals surface area contributed by atoms with Gasteiger partial charge in [-0.05, 0) is 31.6 Å². The topological polar surface area (TPSA) is 41.3 Å². The molecule has 0 fully saturated rings. The molecule has 0 aliphatic heterocycles. The summed E-state index contributed by atoms with van der Waals surface area (Å²) in [6.07, 6.45) is 1.19. The van der Waals surface area contributed by atoms with Gasteiger partial charge in [0.2, 0.25) is 0 Å². The van der Waals surface area contributed by atoms with Crippen molar-refractivity contribution >= 4 is 17.1 Å². The van der Waals surface area contributed by atoms with Crippen molar-refractivity contribution in [2.75, 3.05) is 31.5 Å². The molecular weight excluding hydrogens is 226 g/mol. The van der Waals surface area contributed by atoms with Crippen LogP contribution >= 0.6 is 0 Å². The molecule has 1 heterocycles. The highest BCUT2D eigenvalue weighted by Gasteiger charge is 2.05. The van der Waals surface area contributed by atoms with Gasteiger partial charge in [0, 0.05) is 13.1 Å². The van der Waals surface area contributed by atoms with Crippen LogP contribution in [-0.4, -0.2) is 36.1 Å². The first-order chi connectivity index (χ1) is 8.83. The lowest BCUT2D eigenvalue weighted by Gasteiger charge is -2.18. The van der Waals surface area contributed by atoms with Gasteiger partial charge in [0.05, 0.1) is 0 Å². The Labute approximate surface area is 108 Å². The minimum atomic E-state index is 0.615. The summed E-state index contributed by atoms with van der Waals surface area (Å²) < 4.78 is 5.60. The lowest BCUT2D eigenvalue weighted by molar-refractivity contribution is 0.299. The van der Waals surface area contributed by atoms with Crippen molar-refractivity contribution in [2.24, 2.45) is 0 Å². The fourth-order valence-corrected chi connectivity index (χ4v) is 2.01. The molecular formula is C14H21N3O. The highest BCUT2D eigenvalue weighted by molar-refractivity contribution is 5.74. The van der Waals surface area contributed by atoms with Crippen molar-refractivity contribution in [2.45, 2.75) is 20.3 Å². The van der Waals surface area contributed by atoms with Gasteiger partial charge in [0.15, 0.2) is 5.58 Å². The van der Waals surface area contributed by atoms with Gasteiger partial charge in [0.25, 0.3) is 6.01 Å². The summed E-state index contributed by atoms with van der Waals surface area (Å²) in [6.45, 7) is 8.50. The molecule has 18 heavy (non-hydrogen) atoms. The molecule has 0 aliphatic rings. The van der Waals surface area contributed by atoms with E-state index in [0.717, 1.165) is 37.3 Å². The molecule has 0 atom stereocenters. The van der Waals surface area contributed by atoms with Crippen LogP contribution in [0.15, 0.2) is 28.7 Å². The van der Waals surface area contributed by atoms with Crippen LogP contribution < -0.4 is 5.32 Å². The molecule has 0 spiro atoms. The number of nitrogens with one attached hydrogen (secondary N) is 1. The number of aromatic nitrogens is 1. The monoisotopic (exact) mass is 247 g/mol. The van der Waals surface area contributed by atoms with E-state index >= 15 is 0 Å². The number of benzene rings is 1. The van der Waals surface area contributed by atoms with E-state index in [1.807, 2.05) is 24.3 Å². The number of fused-ring (bicyclic) bond motifs is 1. The van der Waals surface area contributed by atoms with Crippen molar-refractivity contribution in [3.05, 3.63) is 24.3 Å². The predicted molar refractivity (Wildman–Crippen MR) is 74.9 cm³/mol. The molecule has 4 nitrogen and oxygen atoms in total. The van der Waals surface area contributed by atoms with E-state index in [2.05, 4.69) is 29.0 Å². The van der Waals surface area contributed by atoms with Gasteiger partial charge in [0.1, 0.15) is 5.52 Å². The molecule has 1 aromatic carbocycles. The second kappa shape index (κ2) is 6.40. The molecule has 0 bridgehead atoms. The van der Waals surface area contributed by atoms with Crippen molar-refractivity contribution in [3.63, 3.8) is 0 Å². The number of nitrogens with zero attached hydrogens (tertiary/aromatic N) is 2. The minimum absolute atomic E-state index is 0.615. The largest absolute Gasteiger partial charge is 0.424 e. The maximum absolute atomic E-state index is 5.60. The number of hydrogen-bond donors (Lipinski definition) is 1. The number of rotatable bonds is 7. The normalized spacial score (nSPS) is 11.3. The lowest BCUT2D eigenvalue weighted by atomic mass is 10.3. The second-order valence-electron chi connectivity index (χ2n) is 4.35. The summed E-state index contributed by atoms with van der Waals surface area (Å²) in [6, 6.07) is 8.43. The first kappa shape index (κ1) is 12.9. The lowest BCUT2D eigenvalue weighted by Crippen LogP contribution is -2.29. The van der Waals surface area contributed by atoms with Gasteiger partial charge in [-0.3, -0.25) is 0 Å². The Bertz CT molecular complexity index is 448. The molecule has 4 heteroatoms. The first-order valence-electron chi connectivity index (χ1n) is 6.65. The van der Waals surface area contributed by atoms with Crippen molar-refractivity contribution in [1.29, 1.82) is 0 Å². The van der Waals surface area contributed by atoms with Crippen LogP contribution in [0.5, 0.6) is 0 Å². The highest BCUT2D eigenvalue weighted by Crippen LogP contribution is 2.17. The van der Waals surface area contributed by atoms with Crippen LogP contribution in [0, 0.1) is 0 Å². The van der Waals surface area contributed by atoms with Crippen molar-refractivity contribution in [1.82, 2.24) is 9.88 Å². The zero-order valence-corrected chi connectivity index (χ0v) is 11.1. The molecule has 0 radical (unpaired) electrons. The molecule has 2 rings (SSSR count). The second-order valence-corrected chi connectivity index (χ2v) is 4.35. The number of para-hydroxylation sites is 2. The summed E-state index contributed by atoms with van der Waals surface area (Å²) in [5, 5.41) is 3.24. The van der Waals surface area contributed by atoms with Crippen molar-refractivity contribution < 1.29 is 4.42 Å². The van der Waals surface area contributed by atoms with E-state index < -0.39 is 0 Å². The van der Waals surface area contributed by atoms with Gasteiger partial charge in [-0.15, -0.1) is 0 Å². The molecule has 0 unspecified atom stereocenters. The Morgan fingerprint density at radius 1 is 1.22 bits per heavy atom. The van der Waals surface area contributed by atoms with E-state index in [-0.39, 0.29) is 0 Å². The van der Waals surface area contributed by atoms with Gasteiger partial charge in [-0.1, -0.05) is 26.0 Å². The molecule has 98 valence electrons. The predicted octanol–water partition coefficient (Wildman–Crippen LogP) is 2.97. The van der Waals surface area contributed by atoms with Gasteiger partial charge >= 0.3 is 0 Å². The van der Waals surface area contributed by atoms with Crippen molar-refractivity contribution in [3.8, 4) is 0 Å². The van der Waals surface area contributed by atoms with Gasteiger partial charge < -0.3 is 14.6 Å². The number of oxazole rings is 1. The van der Waals surface area contributed by atoms with E-state index in [4.69, 9.17) is 4.42 Å². The van der Waals surface area contributed by atoms with Gasteiger partial charge in [-0.25, -0.2) is 0 Å². The van der Waals surface area contributed by atoms with E-state index in [1.165, 1.54) is 6.42 Å². The highest BCUT2D eigenvalue weighted by atomic mass is 16.4. The molecule has 0 saturated carbocycles. The van der Waals surface area contributed by atoms with Gasteiger partial charge in [-0.2, -0.15) is 4.98 Å². The molecule has 1 aromatic heterocycles. The quantitative estimate of drug-likeness (QED) is 0.816. The average Bonchev–Trinajstić information content (AvgIpc) is 2.80. The van der Waals surface area contributed by atoms with Crippen LogP contribution in [0.25, 0.3) is 11.1 Å². The van der Waals surface area contributed by atoms with Crippen LogP contribution in [0.3, 0.4) is 0 Å². The summed E-state index contributed by atoms with van der Waals surface area (Å²) in [5.74, 6) is 0. The minimum Gasteiger partial charge on any atom is -0.424 e. The summed E-state index contributed by atoms with van der Waals surface area (Å²) in [7, 11) is 0. The Kier molecular flexibility index (Phi) is 4.59. The Morgan fingerprint density at radius 2 is 2.06 bits per heavy atom. The Balaban J connectivity index is 1.86. The maximum Gasteiger partial charge on any atom is 0.295 e. The number of anilines is 1. The Morgan fingerprint density at radius 3 is 2.78 bits per heavy atom. The fraction of sp³-hybridized carbons (Fsp3) is 0.500. The zero-order valence-electron chi connectivity index (χ0n) is 11.1. The fourth-order valence-electron chi connectivity index (χ4n) is 2.01. The summed E-state index contributed by atoms with van der Waals surface area (Å²) in [5.41, 5.74) is 1.74. The standard InChI is InChI=1S/C14H21N3O/c1-3-10-17(4-2)11-9-15-14-16-12-7-5-6-8-13(12)18-14/h5-8H,3-4,9-11H2,1-2H3,(H,15,16). The summed E-state index contributed by atoms with van der Waals surface area (Å²) in [4.78, 5) is 6.80. The van der Waals surface area contributed by atoms with Crippen LogP contribution in [-0.2, 0) is 0 Å². The third-order valence-corrected chi connectivity index (χ3v) is 2.99. The first-order valence-corrected chi connectivity index (χ1v) is 6.65. The Hall–Kier alpha value is -1.55. The third kappa shape index (κ3) is 3.23. The zero-order chi connectivity index (χ0) is 12.8. The van der Waals surface area contributed by atoms with E-state index in [9.17, 15) is 0 Å². The number of likely N-dealkylation sites (N-methyl/N-ethyl adjacent to an activating group) is 1. The molecule has 0 amide bonds. The SMILES string of the molecule is CCCN(CC)CCNc1nc2ccccc2o1. The average molecular weight is 247 g/mol. The number of hydrogen-bond acceptors (Lipinski definition) is 4. The molecule has 0 aliphatic carbocycles. The van der Waals surface area contributed by atoms with Crippen LogP contribution in [0.1, 0.15) is 20.3 Å². The third-order valence-electron chi connectivity index (χ3n) is 2.99. The van der Waals surface area contributed by atoms with Crippen LogP contribution in [0.4, 0.5) is 6.01 Å². The molecule has 0 saturated heterocycles. The maximum atomic E-state index is 5.60. The van der Waals surface area contributed by atoms with E-state index in [0.29, 0.717) is 6.01 Å². The van der Waals surface area contributed by atoms with Crippen LogP contribution in [0.2, 0.25) is 0 Å². The summed E-state index contributed by atoms with van der Waals surface area (Å²) >= 11 is 0. The molecule has 1 N–H and O–H groups in total. The molecule has 2 aromatic rings. The smallest absolute Gasteiger partial charge is 0.295 e. The van der Waals surface area contributed by atoms with E-state index in [1.54, 1.807) is 0 Å².